The molecule has 0 rings (SSSR count). The highest BCUT2D eigenvalue weighted by atomic mass is 15.0. The fourth-order valence-electron chi connectivity index (χ4n) is 0.644. The number of allylic oxidation sites excluding steroid dienone is 3. The average molecular weight is 178 g/mol. The summed E-state index contributed by atoms with van der Waals surface area (Å²) >= 11 is 0. The van der Waals surface area contributed by atoms with Gasteiger partial charge in [0.15, 0.2) is 0 Å². The summed E-state index contributed by atoms with van der Waals surface area (Å²) in [5, 5.41) is 3.00. The summed E-state index contributed by atoms with van der Waals surface area (Å²) in [5.41, 5.74) is 1.04. The van der Waals surface area contributed by atoms with Crippen molar-refractivity contribution in [2.24, 2.45) is 10.9 Å². The van der Waals surface area contributed by atoms with Crippen molar-refractivity contribution in [3.63, 3.8) is 0 Å². The van der Waals surface area contributed by atoms with Crippen molar-refractivity contribution in [1.82, 2.24) is 5.32 Å². The number of hydrogen-bond donors (Lipinski definition) is 1. The SMILES string of the molecule is C=N/C(=C\C(=C)C(C)C)N/C=C\C. The van der Waals surface area contributed by atoms with E-state index < -0.39 is 0 Å². The fourth-order valence-corrected chi connectivity index (χ4v) is 0.644. The lowest BCUT2D eigenvalue weighted by Crippen LogP contribution is -2.03. The minimum Gasteiger partial charge on any atom is -0.347 e. The van der Waals surface area contributed by atoms with Crippen molar-refractivity contribution in [2.75, 3.05) is 0 Å². The first kappa shape index (κ1) is 11.7. The quantitative estimate of drug-likeness (QED) is 0.508. The average Bonchev–Trinajstić information content (AvgIpc) is 2.11. The summed E-state index contributed by atoms with van der Waals surface area (Å²) in [6.45, 7) is 13.5. The zero-order valence-electron chi connectivity index (χ0n) is 8.67. The van der Waals surface area contributed by atoms with Crippen LogP contribution in [0.4, 0.5) is 0 Å². The van der Waals surface area contributed by atoms with Crippen molar-refractivity contribution in [3.8, 4) is 0 Å². The van der Waals surface area contributed by atoms with Gasteiger partial charge >= 0.3 is 0 Å². The van der Waals surface area contributed by atoms with E-state index in [0.29, 0.717) is 5.92 Å². The molecule has 13 heavy (non-hydrogen) atoms. The van der Waals surface area contributed by atoms with E-state index >= 15 is 0 Å². The third-order valence-corrected chi connectivity index (χ3v) is 1.63. The van der Waals surface area contributed by atoms with Gasteiger partial charge in [-0.15, -0.1) is 0 Å². The zero-order valence-corrected chi connectivity index (χ0v) is 8.67. The maximum atomic E-state index is 3.92. The maximum Gasteiger partial charge on any atom is 0.129 e. The minimum atomic E-state index is 0.434. The number of hydrogen-bond acceptors (Lipinski definition) is 2. The summed E-state index contributed by atoms with van der Waals surface area (Å²) in [5.74, 6) is 1.17. The minimum absolute atomic E-state index is 0.434. The van der Waals surface area contributed by atoms with Gasteiger partial charge in [0.2, 0.25) is 0 Å². The number of nitrogens with zero attached hydrogens (tertiary/aromatic N) is 1. The van der Waals surface area contributed by atoms with Gasteiger partial charge in [-0.3, -0.25) is 0 Å². The molecule has 0 bridgehead atoms. The molecule has 0 aliphatic rings. The molecule has 0 aromatic rings. The molecule has 0 saturated heterocycles. The molecule has 1 N–H and O–H groups in total. The smallest absolute Gasteiger partial charge is 0.129 e. The molecule has 0 saturated carbocycles. The molecule has 2 nitrogen and oxygen atoms in total. The Bertz CT molecular complexity index is 234. The van der Waals surface area contributed by atoms with Crippen LogP contribution in [0.15, 0.2) is 41.3 Å². The fraction of sp³-hybridized carbons (Fsp3) is 0.364. The molecule has 0 spiro atoms. The molecule has 0 aliphatic carbocycles. The Labute approximate surface area is 80.8 Å². The van der Waals surface area contributed by atoms with Gasteiger partial charge in [-0.25, -0.2) is 4.99 Å². The van der Waals surface area contributed by atoms with E-state index in [0.717, 1.165) is 11.4 Å². The third-order valence-electron chi connectivity index (χ3n) is 1.63. The Morgan fingerprint density at radius 1 is 1.46 bits per heavy atom. The molecule has 0 fully saturated rings. The Hall–Kier alpha value is -1.31. The first-order chi connectivity index (χ1) is 6.11. The van der Waals surface area contributed by atoms with Gasteiger partial charge in [0, 0.05) is 0 Å². The van der Waals surface area contributed by atoms with E-state index in [1.807, 2.05) is 25.3 Å². The molecule has 0 aromatic carbocycles. The number of rotatable bonds is 5. The van der Waals surface area contributed by atoms with Crippen LogP contribution < -0.4 is 5.32 Å². The second-order valence-electron chi connectivity index (χ2n) is 3.06. The lowest BCUT2D eigenvalue weighted by Gasteiger charge is -2.05. The molecular formula is C11H18N2. The summed E-state index contributed by atoms with van der Waals surface area (Å²) < 4.78 is 0. The summed E-state index contributed by atoms with van der Waals surface area (Å²) in [7, 11) is 0. The van der Waals surface area contributed by atoms with Crippen LogP contribution in [0.3, 0.4) is 0 Å². The molecule has 72 valence electrons. The van der Waals surface area contributed by atoms with Gasteiger partial charge in [-0.1, -0.05) is 26.5 Å². The summed E-state index contributed by atoms with van der Waals surface area (Å²) in [6, 6.07) is 0. The van der Waals surface area contributed by atoms with Gasteiger partial charge in [0.25, 0.3) is 0 Å². The summed E-state index contributed by atoms with van der Waals surface area (Å²) in [6.07, 6.45) is 5.61. The highest BCUT2D eigenvalue weighted by molar-refractivity contribution is 5.32. The monoisotopic (exact) mass is 178 g/mol. The predicted molar refractivity (Wildman–Crippen MR) is 59.6 cm³/mol. The van der Waals surface area contributed by atoms with Crippen molar-refractivity contribution < 1.29 is 0 Å². The molecule has 2 heteroatoms. The molecule has 0 amide bonds. The van der Waals surface area contributed by atoms with Gasteiger partial charge in [0.05, 0.1) is 0 Å². The van der Waals surface area contributed by atoms with Crippen molar-refractivity contribution >= 4 is 6.72 Å². The Morgan fingerprint density at radius 3 is 2.46 bits per heavy atom. The van der Waals surface area contributed by atoms with Crippen LogP contribution in [0.25, 0.3) is 0 Å². The largest absolute Gasteiger partial charge is 0.347 e. The summed E-state index contributed by atoms with van der Waals surface area (Å²) in [4.78, 5) is 3.84. The van der Waals surface area contributed by atoms with E-state index in [4.69, 9.17) is 0 Å². The molecule has 0 aromatic heterocycles. The molecule has 0 unspecified atom stereocenters. The van der Waals surface area contributed by atoms with Crippen LogP contribution in [0.5, 0.6) is 0 Å². The second kappa shape index (κ2) is 6.23. The van der Waals surface area contributed by atoms with Crippen molar-refractivity contribution in [2.45, 2.75) is 20.8 Å². The van der Waals surface area contributed by atoms with Crippen molar-refractivity contribution in [1.29, 1.82) is 0 Å². The highest BCUT2D eigenvalue weighted by Crippen LogP contribution is 2.09. The first-order valence-corrected chi connectivity index (χ1v) is 4.36. The zero-order chi connectivity index (χ0) is 10.3. The maximum absolute atomic E-state index is 3.92. The lowest BCUT2D eigenvalue weighted by atomic mass is 10.1. The van der Waals surface area contributed by atoms with Crippen LogP contribution in [0, 0.1) is 5.92 Å². The standard InChI is InChI=1S/C11H18N2/c1-6-7-13-11(12-5)8-10(4)9(2)3/h6-9,13H,4-5H2,1-3H3/b7-6-,11-8+. The number of nitrogens with one attached hydrogen (secondary N) is 1. The number of aliphatic imine (C=N–C) groups is 1. The molecular weight excluding hydrogens is 160 g/mol. The third kappa shape index (κ3) is 5.01. The Kier molecular flexibility index (Phi) is 5.60. The van der Waals surface area contributed by atoms with Crippen LogP contribution in [-0.4, -0.2) is 6.72 Å². The molecule has 0 atom stereocenters. The van der Waals surface area contributed by atoms with E-state index in [1.165, 1.54) is 0 Å². The van der Waals surface area contributed by atoms with E-state index in [2.05, 4.69) is 37.5 Å². The Balaban J connectivity index is 4.37. The topological polar surface area (TPSA) is 24.4 Å². The normalized spacial score (nSPS) is 12.2. The predicted octanol–water partition coefficient (Wildman–Crippen LogP) is 2.86. The van der Waals surface area contributed by atoms with Crippen LogP contribution in [-0.2, 0) is 0 Å². The highest BCUT2D eigenvalue weighted by Gasteiger charge is 1.97. The van der Waals surface area contributed by atoms with E-state index in [1.54, 1.807) is 0 Å². The molecule has 0 radical (unpaired) electrons. The van der Waals surface area contributed by atoms with Crippen LogP contribution in [0.1, 0.15) is 20.8 Å². The van der Waals surface area contributed by atoms with Gasteiger partial charge in [-0.2, -0.15) is 0 Å². The first-order valence-electron chi connectivity index (χ1n) is 4.36. The Morgan fingerprint density at radius 2 is 2.08 bits per heavy atom. The van der Waals surface area contributed by atoms with E-state index in [9.17, 15) is 0 Å². The second-order valence-corrected chi connectivity index (χ2v) is 3.06. The van der Waals surface area contributed by atoms with Gasteiger partial charge < -0.3 is 5.32 Å². The van der Waals surface area contributed by atoms with Crippen LogP contribution >= 0.6 is 0 Å². The van der Waals surface area contributed by atoms with Gasteiger partial charge in [-0.05, 0) is 37.4 Å². The van der Waals surface area contributed by atoms with Crippen molar-refractivity contribution in [3.05, 3.63) is 36.3 Å². The molecule has 0 heterocycles. The van der Waals surface area contributed by atoms with Gasteiger partial charge in [0.1, 0.15) is 5.82 Å². The van der Waals surface area contributed by atoms with Crippen LogP contribution in [0.2, 0.25) is 0 Å². The van der Waals surface area contributed by atoms with E-state index in [-0.39, 0.29) is 0 Å². The lowest BCUT2D eigenvalue weighted by molar-refractivity contribution is 0.790. The molecule has 0 aliphatic heterocycles.